The van der Waals surface area contributed by atoms with Crippen molar-refractivity contribution in [3.8, 4) is 0 Å². The average Bonchev–Trinajstić information content (AvgIpc) is 2.46. The first-order chi connectivity index (χ1) is 9.20. The van der Waals surface area contributed by atoms with Crippen molar-refractivity contribution in [3.63, 3.8) is 0 Å². The van der Waals surface area contributed by atoms with Gasteiger partial charge in [0.1, 0.15) is 0 Å². The molecule has 3 heteroatoms. The van der Waals surface area contributed by atoms with E-state index in [0.717, 1.165) is 17.3 Å². The molecule has 0 aliphatic rings. The van der Waals surface area contributed by atoms with Crippen LogP contribution in [0.4, 0.5) is 0 Å². The predicted molar refractivity (Wildman–Crippen MR) is 84.8 cm³/mol. The van der Waals surface area contributed by atoms with E-state index >= 15 is 0 Å². The summed E-state index contributed by atoms with van der Waals surface area (Å²) in [4.78, 5) is 4.24. The minimum atomic E-state index is -0.0225. The third kappa shape index (κ3) is 3.37. The van der Waals surface area contributed by atoms with E-state index in [1.165, 1.54) is 11.1 Å². The molecule has 0 aliphatic carbocycles. The Kier molecular flexibility index (Phi) is 5.00. The molecular weight excluding hydrogens is 322 g/mol. The van der Waals surface area contributed by atoms with E-state index in [1.54, 1.807) is 6.20 Å². The second kappa shape index (κ2) is 6.53. The largest absolute Gasteiger partial charge is 0.263 e. The third-order valence-corrected chi connectivity index (χ3v) is 4.57. The molecule has 0 aliphatic heterocycles. The summed E-state index contributed by atoms with van der Waals surface area (Å²) >= 11 is 9.79. The molecule has 0 fully saturated rings. The van der Waals surface area contributed by atoms with E-state index in [9.17, 15) is 0 Å². The van der Waals surface area contributed by atoms with Gasteiger partial charge in [-0.2, -0.15) is 0 Å². The van der Waals surface area contributed by atoms with Crippen molar-refractivity contribution in [2.24, 2.45) is 0 Å². The summed E-state index contributed by atoms with van der Waals surface area (Å²) in [6, 6.07) is 12.6. The highest BCUT2D eigenvalue weighted by Gasteiger charge is 2.29. The molecule has 1 unspecified atom stereocenters. The van der Waals surface area contributed by atoms with Crippen molar-refractivity contribution in [1.82, 2.24) is 4.98 Å². The number of alkyl halides is 1. The number of hydrogen-bond donors (Lipinski definition) is 0. The lowest BCUT2D eigenvalue weighted by Crippen LogP contribution is -2.30. The van der Waals surface area contributed by atoms with Gasteiger partial charge < -0.3 is 0 Å². The van der Waals surface area contributed by atoms with E-state index in [0.29, 0.717) is 5.88 Å². The fraction of sp³-hybridized carbons (Fsp3) is 0.312. The Morgan fingerprint density at radius 2 is 1.95 bits per heavy atom. The first-order valence-corrected chi connectivity index (χ1v) is 7.74. The minimum absolute atomic E-state index is 0.0225. The lowest BCUT2D eigenvalue weighted by molar-refractivity contribution is 0.457. The van der Waals surface area contributed by atoms with E-state index in [-0.39, 0.29) is 5.41 Å². The maximum Gasteiger partial charge on any atom is 0.0410 e. The summed E-state index contributed by atoms with van der Waals surface area (Å²) in [6.45, 7) is 2.20. The fourth-order valence-corrected chi connectivity index (χ4v) is 3.24. The van der Waals surface area contributed by atoms with Crippen molar-refractivity contribution < 1.29 is 0 Å². The van der Waals surface area contributed by atoms with Crippen LogP contribution in [0.2, 0.25) is 0 Å². The quantitative estimate of drug-likeness (QED) is 0.701. The number of aromatic nitrogens is 1. The summed E-state index contributed by atoms with van der Waals surface area (Å²) < 4.78 is 1.01. The maximum absolute atomic E-state index is 6.32. The van der Waals surface area contributed by atoms with Crippen molar-refractivity contribution in [3.05, 3.63) is 64.4 Å². The Morgan fingerprint density at radius 1 is 1.21 bits per heavy atom. The molecule has 2 rings (SSSR count). The lowest BCUT2D eigenvalue weighted by atomic mass is 9.75. The number of benzene rings is 1. The molecule has 0 spiro atoms. The molecule has 1 heterocycles. The molecule has 0 saturated carbocycles. The van der Waals surface area contributed by atoms with Gasteiger partial charge in [0.15, 0.2) is 0 Å². The van der Waals surface area contributed by atoms with Crippen molar-refractivity contribution in [1.29, 1.82) is 0 Å². The van der Waals surface area contributed by atoms with Crippen molar-refractivity contribution >= 4 is 27.5 Å². The van der Waals surface area contributed by atoms with Gasteiger partial charge in [0.25, 0.3) is 0 Å². The van der Waals surface area contributed by atoms with Crippen LogP contribution in [-0.2, 0) is 11.8 Å². The zero-order valence-corrected chi connectivity index (χ0v) is 13.3. The van der Waals surface area contributed by atoms with Gasteiger partial charge in [0.2, 0.25) is 0 Å². The number of halogens is 2. The molecule has 1 aromatic carbocycles. The molecule has 19 heavy (non-hydrogen) atoms. The second-order valence-electron chi connectivity index (χ2n) is 4.82. The van der Waals surface area contributed by atoms with Crippen LogP contribution in [0.5, 0.6) is 0 Å². The molecule has 0 N–H and O–H groups in total. The highest BCUT2D eigenvalue weighted by molar-refractivity contribution is 9.10. The van der Waals surface area contributed by atoms with Crippen LogP contribution in [0.25, 0.3) is 0 Å². The summed E-state index contributed by atoms with van der Waals surface area (Å²) in [5.74, 6) is 0.611. The SMILES string of the molecule is CCC(CCl)(Cc1cncc(Br)c1)c1ccccc1. The maximum atomic E-state index is 6.32. The molecule has 0 bridgehead atoms. The monoisotopic (exact) mass is 337 g/mol. The van der Waals surface area contributed by atoms with Gasteiger partial charge in [0, 0.05) is 28.2 Å². The van der Waals surface area contributed by atoms with Gasteiger partial charge in [0.05, 0.1) is 0 Å². The van der Waals surface area contributed by atoms with Crippen LogP contribution in [0.3, 0.4) is 0 Å². The zero-order valence-electron chi connectivity index (χ0n) is 10.9. The summed E-state index contributed by atoms with van der Waals surface area (Å²) in [7, 11) is 0. The number of pyridine rings is 1. The van der Waals surface area contributed by atoms with Gasteiger partial charge in [-0.05, 0) is 46.0 Å². The third-order valence-electron chi connectivity index (χ3n) is 3.62. The topological polar surface area (TPSA) is 12.9 Å². The molecule has 0 saturated heterocycles. The first-order valence-electron chi connectivity index (χ1n) is 6.41. The molecule has 1 aromatic heterocycles. The van der Waals surface area contributed by atoms with E-state index in [4.69, 9.17) is 11.6 Å². The Morgan fingerprint density at radius 3 is 2.53 bits per heavy atom. The number of nitrogens with zero attached hydrogens (tertiary/aromatic N) is 1. The molecule has 0 amide bonds. The number of hydrogen-bond acceptors (Lipinski definition) is 1. The smallest absolute Gasteiger partial charge is 0.0410 e. The Labute approximate surface area is 128 Å². The summed E-state index contributed by atoms with van der Waals surface area (Å²) in [5, 5.41) is 0. The highest BCUT2D eigenvalue weighted by Crippen LogP contribution is 2.33. The molecule has 1 atom stereocenters. The molecular formula is C16H17BrClN. The standard InChI is InChI=1S/C16H17BrClN/c1-2-16(12-18,14-6-4-3-5-7-14)9-13-8-15(17)11-19-10-13/h3-8,10-11H,2,9,12H2,1H3. The highest BCUT2D eigenvalue weighted by atomic mass is 79.9. The van der Waals surface area contributed by atoms with Crippen molar-refractivity contribution in [2.45, 2.75) is 25.2 Å². The normalized spacial score (nSPS) is 14.1. The van der Waals surface area contributed by atoms with E-state index in [2.05, 4.69) is 58.2 Å². The van der Waals surface area contributed by atoms with Crippen LogP contribution < -0.4 is 0 Å². The van der Waals surface area contributed by atoms with Gasteiger partial charge in [-0.3, -0.25) is 4.98 Å². The Bertz CT molecular complexity index is 523. The molecule has 2 aromatic rings. The summed E-state index contributed by atoms with van der Waals surface area (Å²) in [6.07, 6.45) is 5.64. The minimum Gasteiger partial charge on any atom is -0.263 e. The second-order valence-corrected chi connectivity index (χ2v) is 6.00. The van der Waals surface area contributed by atoms with Crippen LogP contribution in [0, 0.1) is 0 Å². The van der Waals surface area contributed by atoms with Gasteiger partial charge in [-0.15, -0.1) is 11.6 Å². The molecule has 0 radical (unpaired) electrons. The molecule has 100 valence electrons. The lowest BCUT2D eigenvalue weighted by Gasteiger charge is -2.31. The van der Waals surface area contributed by atoms with E-state index in [1.807, 2.05) is 12.3 Å². The van der Waals surface area contributed by atoms with Gasteiger partial charge in [-0.25, -0.2) is 0 Å². The summed E-state index contributed by atoms with van der Waals surface area (Å²) in [5.41, 5.74) is 2.49. The van der Waals surface area contributed by atoms with Crippen LogP contribution >= 0.6 is 27.5 Å². The Balaban J connectivity index is 2.35. The van der Waals surface area contributed by atoms with Crippen molar-refractivity contribution in [2.75, 3.05) is 5.88 Å². The van der Waals surface area contributed by atoms with Crippen LogP contribution in [-0.4, -0.2) is 10.9 Å². The predicted octanol–water partition coefficient (Wildman–Crippen LogP) is 4.97. The van der Waals surface area contributed by atoms with Crippen LogP contribution in [0.15, 0.2) is 53.3 Å². The average molecular weight is 339 g/mol. The zero-order chi connectivity index (χ0) is 13.7. The Hall–Kier alpha value is -0.860. The van der Waals surface area contributed by atoms with Gasteiger partial charge in [-0.1, -0.05) is 37.3 Å². The van der Waals surface area contributed by atoms with E-state index < -0.39 is 0 Å². The van der Waals surface area contributed by atoms with Gasteiger partial charge >= 0.3 is 0 Å². The fourth-order valence-electron chi connectivity index (χ4n) is 2.39. The number of rotatable bonds is 5. The molecule has 1 nitrogen and oxygen atoms in total. The van der Waals surface area contributed by atoms with Crippen LogP contribution in [0.1, 0.15) is 24.5 Å². The first kappa shape index (κ1) is 14.5.